The Kier molecular flexibility index (Phi) is 6.17. The van der Waals surface area contributed by atoms with Crippen molar-refractivity contribution < 1.29 is 17.9 Å². The minimum absolute atomic E-state index is 0.163. The molecule has 1 aliphatic carbocycles. The van der Waals surface area contributed by atoms with Crippen LogP contribution in [0.25, 0.3) is 10.2 Å². The largest absolute Gasteiger partial charge is 0.379 e. The molecule has 5 rings (SSSR count). The Hall–Kier alpha value is -2.05. The highest BCUT2D eigenvalue weighted by Crippen LogP contribution is 2.40. The molecule has 0 saturated carbocycles. The topological polar surface area (TPSA) is 101 Å². The maximum atomic E-state index is 12.9. The van der Waals surface area contributed by atoms with E-state index in [1.54, 1.807) is 35.9 Å². The Morgan fingerprint density at radius 1 is 1.22 bits per heavy atom. The number of nitrogens with one attached hydrogen (secondary N) is 1. The zero-order valence-corrected chi connectivity index (χ0v) is 19.7. The maximum absolute atomic E-state index is 12.9. The molecule has 2 aliphatic rings. The second-order valence-corrected chi connectivity index (χ2v) is 11.6. The van der Waals surface area contributed by atoms with Crippen molar-refractivity contribution >= 4 is 54.9 Å². The van der Waals surface area contributed by atoms with Gasteiger partial charge in [0.1, 0.15) is 16.2 Å². The fourth-order valence-corrected chi connectivity index (χ4v) is 7.58. The standard InChI is InChI=1S/C21H22N4O4S3/c26-18(12-30-20-19-16-5-2-6-17(16)31-21(19)23-13-22-20)24-14-3-1-4-15(11-14)32(27,28)25-7-9-29-10-8-25/h1,3-4,11,13H,2,5-10,12H2,(H,24,26). The molecule has 0 atom stereocenters. The van der Waals surface area contributed by atoms with Gasteiger partial charge < -0.3 is 10.1 Å². The maximum Gasteiger partial charge on any atom is 0.243 e. The molecule has 8 nitrogen and oxygen atoms in total. The summed E-state index contributed by atoms with van der Waals surface area (Å²) in [5, 5.41) is 4.73. The number of rotatable bonds is 6. The second-order valence-electron chi connectivity index (χ2n) is 7.60. The van der Waals surface area contributed by atoms with E-state index in [0.29, 0.717) is 32.0 Å². The first-order valence-corrected chi connectivity index (χ1v) is 13.6. The SMILES string of the molecule is O=C(CSc1ncnc2sc3c(c12)CCC3)Nc1cccc(S(=O)(=O)N2CCOCC2)c1. The Balaban J connectivity index is 1.27. The molecule has 1 aromatic carbocycles. The van der Waals surface area contributed by atoms with Crippen molar-refractivity contribution in [2.75, 3.05) is 37.4 Å². The molecule has 11 heteroatoms. The molecule has 168 valence electrons. The average molecular weight is 491 g/mol. The summed E-state index contributed by atoms with van der Waals surface area (Å²) in [6, 6.07) is 6.38. The summed E-state index contributed by atoms with van der Waals surface area (Å²) in [7, 11) is -3.62. The molecule has 0 radical (unpaired) electrons. The lowest BCUT2D eigenvalue weighted by Crippen LogP contribution is -2.40. The minimum atomic E-state index is -3.62. The van der Waals surface area contributed by atoms with E-state index >= 15 is 0 Å². The first-order valence-electron chi connectivity index (χ1n) is 10.4. The van der Waals surface area contributed by atoms with Crippen LogP contribution in [0.3, 0.4) is 0 Å². The van der Waals surface area contributed by atoms with Crippen LogP contribution in [0.1, 0.15) is 16.9 Å². The van der Waals surface area contributed by atoms with Gasteiger partial charge in [-0.15, -0.1) is 11.3 Å². The first-order chi connectivity index (χ1) is 15.5. The average Bonchev–Trinajstić information content (AvgIpc) is 3.40. The highest BCUT2D eigenvalue weighted by molar-refractivity contribution is 8.00. The molecule has 1 fully saturated rings. The van der Waals surface area contributed by atoms with E-state index in [1.165, 1.54) is 32.6 Å². The lowest BCUT2D eigenvalue weighted by molar-refractivity contribution is -0.113. The summed E-state index contributed by atoms with van der Waals surface area (Å²) in [6.07, 6.45) is 4.83. The van der Waals surface area contributed by atoms with Gasteiger partial charge in [0.2, 0.25) is 15.9 Å². The number of carbonyl (C=O) groups is 1. The molecular formula is C21H22N4O4S3. The van der Waals surface area contributed by atoms with E-state index in [-0.39, 0.29) is 16.6 Å². The third-order valence-corrected chi connectivity index (χ3v) is 9.62. The fraction of sp³-hybridized carbons (Fsp3) is 0.381. The number of thiophene rings is 1. The van der Waals surface area contributed by atoms with Gasteiger partial charge >= 0.3 is 0 Å². The molecule has 1 amide bonds. The van der Waals surface area contributed by atoms with Crippen LogP contribution >= 0.6 is 23.1 Å². The normalized spacial score (nSPS) is 16.9. The number of hydrogen-bond donors (Lipinski definition) is 1. The van der Waals surface area contributed by atoms with Gasteiger partial charge in [0.15, 0.2) is 0 Å². The van der Waals surface area contributed by atoms with Crippen molar-refractivity contribution in [1.29, 1.82) is 0 Å². The van der Waals surface area contributed by atoms with Gasteiger partial charge in [-0.1, -0.05) is 17.8 Å². The molecule has 32 heavy (non-hydrogen) atoms. The molecule has 0 bridgehead atoms. The molecule has 3 heterocycles. The highest BCUT2D eigenvalue weighted by Gasteiger charge is 2.26. The number of hydrogen-bond acceptors (Lipinski definition) is 8. The van der Waals surface area contributed by atoms with Crippen LogP contribution in [0, 0.1) is 0 Å². The van der Waals surface area contributed by atoms with Crippen molar-refractivity contribution in [2.45, 2.75) is 29.2 Å². The summed E-state index contributed by atoms with van der Waals surface area (Å²) in [5.74, 6) is -0.0356. The number of thioether (sulfide) groups is 1. The monoisotopic (exact) mass is 490 g/mol. The Morgan fingerprint density at radius 2 is 2.06 bits per heavy atom. The van der Waals surface area contributed by atoms with Crippen molar-refractivity contribution in [3.05, 3.63) is 41.0 Å². The van der Waals surface area contributed by atoms with E-state index in [9.17, 15) is 13.2 Å². The van der Waals surface area contributed by atoms with Crippen molar-refractivity contribution in [1.82, 2.24) is 14.3 Å². The zero-order chi connectivity index (χ0) is 22.1. The molecule has 2 aromatic heterocycles. The van der Waals surface area contributed by atoms with Crippen molar-refractivity contribution in [3.63, 3.8) is 0 Å². The van der Waals surface area contributed by atoms with E-state index in [2.05, 4.69) is 15.3 Å². The molecule has 0 spiro atoms. The van der Waals surface area contributed by atoms with Crippen LogP contribution in [0.4, 0.5) is 5.69 Å². The van der Waals surface area contributed by atoms with Crippen molar-refractivity contribution in [3.8, 4) is 0 Å². The minimum Gasteiger partial charge on any atom is -0.379 e. The van der Waals surface area contributed by atoms with E-state index in [1.807, 2.05) is 0 Å². The zero-order valence-electron chi connectivity index (χ0n) is 17.2. The van der Waals surface area contributed by atoms with Gasteiger partial charge in [0, 0.05) is 29.0 Å². The van der Waals surface area contributed by atoms with Gasteiger partial charge in [-0.2, -0.15) is 4.31 Å². The third-order valence-electron chi connectivity index (χ3n) is 5.53. The quantitative estimate of drug-likeness (QED) is 0.419. The van der Waals surface area contributed by atoms with Gasteiger partial charge in [-0.3, -0.25) is 4.79 Å². The second kappa shape index (κ2) is 9.06. The molecular weight excluding hydrogens is 468 g/mol. The van der Waals surface area contributed by atoms with Gasteiger partial charge in [0.05, 0.1) is 23.9 Å². The first kappa shape index (κ1) is 21.8. The lowest BCUT2D eigenvalue weighted by Gasteiger charge is -2.26. The molecule has 0 unspecified atom stereocenters. The summed E-state index contributed by atoms with van der Waals surface area (Å²) in [6.45, 7) is 1.43. The molecule has 1 aliphatic heterocycles. The number of amides is 1. The number of benzene rings is 1. The molecule has 1 saturated heterocycles. The number of aromatic nitrogens is 2. The molecule has 3 aromatic rings. The number of ether oxygens (including phenoxy) is 1. The fourth-order valence-electron chi connectivity index (χ4n) is 4.01. The number of sulfonamides is 1. The van der Waals surface area contributed by atoms with Crippen LogP contribution in [0.5, 0.6) is 0 Å². The van der Waals surface area contributed by atoms with E-state index in [0.717, 1.165) is 34.5 Å². The summed E-state index contributed by atoms with van der Waals surface area (Å²) in [4.78, 5) is 23.9. The number of aryl methyl sites for hydroxylation is 2. The van der Waals surface area contributed by atoms with Crippen LogP contribution in [-0.2, 0) is 32.4 Å². The van der Waals surface area contributed by atoms with E-state index < -0.39 is 10.0 Å². The lowest BCUT2D eigenvalue weighted by atomic mass is 10.2. The van der Waals surface area contributed by atoms with Gasteiger partial charge in [-0.25, -0.2) is 18.4 Å². The van der Waals surface area contributed by atoms with Crippen LogP contribution in [0.2, 0.25) is 0 Å². The molecule has 1 N–H and O–H groups in total. The van der Waals surface area contributed by atoms with Crippen LogP contribution in [0.15, 0.2) is 40.5 Å². The number of fused-ring (bicyclic) bond motifs is 3. The summed E-state index contributed by atoms with van der Waals surface area (Å²) >= 11 is 3.10. The van der Waals surface area contributed by atoms with Gasteiger partial charge in [-0.05, 0) is 43.0 Å². The smallest absolute Gasteiger partial charge is 0.243 e. The Labute approximate surface area is 194 Å². The number of carbonyl (C=O) groups excluding carboxylic acids is 1. The number of anilines is 1. The van der Waals surface area contributed by atoms with Crippen LogP contribution in [-0.4, -0.2) is 60.7 Å². The summed E-state index contributed by atoms with van der Waals surface area (Å²) in [5.41, 5.74) is 1.78. The third kappa shape index (κ3) is 4.27. The predicted molar refractivity (Wildman–Crippen MR) is 125 cm³/mol. The van der Waals surface area contributed by atoms with Crippen LogP contribution < -0.4 is 5.32 Å². The summed E-state index contributed by atoms with van der Waals surface area (Å²) < 4.78 is 32.4. The van der Waals surface area contributed by atoms with Gasteiger partial charge in [0.25, 0.3) is 0 Å². The predicted octanol–water partition coefficient (Wildman–Crippen LogP) is 2.93. The Morgan fingerprint density at radius 3 is 2.91 bits per heavy atom. The number of morpholine rings is 1. The van der Waals surface area contributed by atoms with Crippen molar-refractivity contribution in [2.24, 2.45) is 0 Å². The number of nitrogens with zero attached hydrogens (tertiary/aromatic N) is 3. The Bertz CT molecular complexity index is 1270. The highest BCUT2D eigenvalue weighted by atomic mass is 32.2. The van der Waals surface area contributed by atoms with E-state index in [4.69, 9.17) is 4.74 Å².